The lowest BCUT2D eigenvalue weighted by atomic mass is 9.90. The van der Waals surface area contributed by atoms with Crippen molar-refractivity contribution in [3.05, 3.63) is 77.6 Å². The van der Waals surface area contributed by atoms with Crippen LogP contribution in [-0.2, 0) is 6.42 Å². The monoisotopic (exact) mass is 445 g/mol. The molecule has 0 aliphatic carbocycles. The van der Waals surface area contributed by atoms with E-state index in [-0.39, 0.29) is 11.8 Å². The summed E-state index contributed by atoms with van der Waals surface area (Å²) in [7, 11) is 1.60. The highest BCUT2D eigenvalue weighted by atomic mass is 16.5. The van der Waals surface area contributed by atoms with Gasteiger partial charge in [-0.05, 0) is 68.5 Å². The molecule has 0 saturated carbocycles. The number of aromatic nitrogens is 3. The van der Waals surface area contributed by atoms with Gasteiger partial charge in [-0.2, -0.15) is 0 Å². The van der Waals surface area contributed by atoms with Crippen molar-refractivity contribution in [2.45, 2.75) is 26.2 Å². The van der Waals surface area contributed by atoms with Gasteiger partial charge < -0.3 is 15.0 Å². The number of piperidine rings is 1. The minimum Gasteiger partial charge on any atom is -0.497 e. The molecule has 0 unspecified atom stereocenters. The Hall–Kier alpha value is -3.81. The molecule has 0 bridgehead atoms. The van der Waals surface area contributed by atoms with Crippen molar-refractivity contribution >= 4 is 17.5 Å². The highest BCUT2D eigenvalue weighted by Crippen LogP contribution is 2.24. The first-order chi connectivity index (χ1) is 16.0. The van der Waals surface area contributed by atoms with Crippen LogP contribution in [-0.4, -0.2) is 51.9 Å². The van der Waals surface area contributed by atoms with E-state index < -0.39 is 0 Å². The number of methoxy groups -OCH3 is 1. The predicted octanol–water partition coefficient (Wildman–Crippen LogP) is 3.54. The minimum absolute atomic E-state index is 0.0130. The molecule has 1 aromatic carbocycles. The highest BCUT2D eigenvalue weighted by molar-refractivity contribution is 6.04. The lowest BCUT2D eigenvalue weighted by Gasteiger charge is -2.32. The molecule has 3 heterocycles. The van der Waals surface area contributed by atoms with Crippen molar-refractivity contribution in [3.8, 4) is 5.75 Å². The number of nitrogens with zero attached hydrogens (tertiary/aromatic N) is 4. The Labute approximate surface area is 193 Å². The SMILES string of the molecule is COc1ccc(NC(=O)c2cnc(C)nc2CC2CCN(C(=O)c3cccnc3)CC2)cc1. The summed E-state index contributed by atoms with van der Waals surface area (Å²) < 4.78 is 5.16. The van der Waals surface area contributed by atoms with Crippen LogP contribution in [0.3, 0.4) is 0 Å². The molecule has 0 radical (unpaired) electrons. The number of carbonyl (C=O) groups excluding carboxylic acids is 2. The zero-order valence-electron chi connectivity index (χ0n) is 18.8. The maximum Gasteiger partial charge on any atom is 0.259 e. The zero-order chi connectivity index (χ0) is 23.2. The Morgan fingerprint density at radius 3 is 2.55 bits per heavy atom. The molecule has 1 aliphatic heterocycles. The standard InChI is InChI=1S/C25H27N5O3/c1-17-27-16-22(24(31)29-20-5-7-21(33-2)8-6-20)23(28-17)14-18-9-12-30(13-10-18)25(32)19-4-3-11-26-15-19/h3-8,11,15-16,18H,9-10,12-14H2,1-2H3,(H,29,31). The van der Waals surface area contributed by atoms with Crippen LogP contribution < -0.4 is 10.1 Å². The third-order valence-corrected chi connectivity index (χ3v) is 5.87. The van der Waals surface area contributed by atoms with Crippen molar-refractivity contribution in [3.63, 3.8) is 0 Å². The molecule has 33 heavy (non-hydrogen) atoms. The molecule has 4 rings (SSSR count). The van der Waals surface area contributed by atoms with Crippen LogP contribution >= 0.6 is 0 Å². The van der Waals surface area contributed by atoms with E-state index in [1.165, 1.54) is 0 Å². The molecule has 1 fully saturated rings. The highest BCUT2D eigenvalue weighted by Gasteiger charge is 2.26. The molecule has 1 N–H and O–H groups in total. The molecule has 2 amide bonds. The number of likely N-dealkylation sites (tertiary alicyclic amines) is 1. The Kier molecular flexibility index (Phi) is 6.92. The van der Waals surface area contributed by atoms with Crippen molar-refractivity contribution < 1.29 is 14.3 Å². The summed E-state index contributed by atoms with van der Waals surface area (Å²) in [5.74, 6) is 1.47. The second-order valence-corrected chi connectivity index (χ2v) is 8.14. The minimum atomic E-state index is -0.237. The van der Waals surface area contributed by atoms with E-state index in [2.05, 4.69) is 20.3 Å². The number of ether oxygens (including phenoxy) is 1. The van der Waals surface area contributed by atoms with Crippen LogP contribution in [0.5, 0.6) is 5.75 Å². The van der Waals surface area contributed by atoms with E-state index in [9.17, 15) is 9.59 Å². The fraction of sp³-hybridized carbons (Fsp3) is 0.320. The van der Waals surface area contributed by atoms with Gasteiger partial charge in [-0.1, -0.05) is 0 Å². The summed E-state index contributed by atoms with van der Waals surface area (Å²) in [6.07, 6.45) is 7.24. The van der Waals surface area contributed by atoms with Gasteiger partial charge in [0, 0.05) is 37.4 Å². The number of anilines is 1. The number of benzene rings is 1. The number of pyridine rings is 1. The van der Waals surface area contributed by atoms with Crippen LogP contribution in [0.2, 0.25) is 0 Å². The van der Waals surface area contributed by atoms with E-state index in [0.29, 0.717) is 48.1 Å². The van der Waals surface area contributed by atoms with Gasteiger partial charge in [-0.15, -0.1) is 0 Å². The largest absolute Gasteiger partial charge is 0.497 e. The van der Waals surface area contributed by atoms with E-state index in [1.54, 1.807) is 62.1 Å². The third kappa shape index (κ3) is 5.52. The number of amides is 2. The van der Waals surface area contributed by atoms with Gasteiger partial charge in [0.2, 0.25) is 0 Å². The Bertz CT molecular complexity index is 1110. The molecular formula is C25H27N5O3. The molecule has 8 nitrogen and oxygen atoms in total. The van der Waals surface area contributed by atoms with E-state index in [0.717, 1.165) is 24.3 Å². The van der Waals surface area contributed by atoms with Crippen LogP contribution in [0, 0.1) is 12.8 Å². The van der Waals surface area contributed by atoms with Gasteiger partial charge in [0.1, 0.15) is 11.6 Å². The molecule has 0 atom stereocenters. The second kappa shape index (κ2) is 10.2. The quantitative estimate of drug-likeness (QED) is 0.623. The van der Waals surface area contributed by atoms with Gasteiger partial charge in [0.15, 0.2) is 0 Å². The lowest BCUT2D eigenvalue weighted by molar-refractivity contribution is 0.0690. The van der Waals surface area contributed by atoms with Gasteiger partial charge >= 0.3 is 0 Å². The number of rotatable bonds is 6. The smallest absolute Gasteiger partial charge is 0.259 e. The van der Waals surface area contributed by atoms with Gasteiger partial charge in [-0.3, -0.25) is 14.6 Å². The molecule has 2 aromatic heterocycles. The first-order valence-corrected chi connectivity index (χ1v) is 11.0. The third-order valence-electron chi connectivity index (χ3n) is 5.87. The van der Waals surface area contributed by atoms with Gasteiger partial charge in [0.25, 0.3) is 11.8 Å². The van der Waals surface area contributed by atoms with Crippen molar-refractivity contribution in [2.24, 2.45) is 5.92 Å². The average Bonchev–Trinajstić information content (AvgIpc) is 2.85. The van der Waals surface area contributed by atoms with Crippen LogP contribution in [0.1, 0.15) is 45.1 Å². The fourth-order valence-electron chi connectivity index (χ4n) is 4.02. The molecule has 0 spiro atoms. The van der Waals surface area contributed by atoms with Crippen LogP contribution in [0.4, 0.5) is 5.69 Å². The number of hydrogen-bond donors (Lipinski definition) is 1. The average molecular weight is 446 g/mol. The lowest BCUT2D eigenvalue weighted by Crippen LogP contribution is -2.39. The summed E-state index contributed by atoms with van der Waals surface area (Å²) in [4.78, 5) is 40.4. The fourth-order valence-corrected chi connectivity index (χ4v) is 4.02. The van der Waals surface area contributed by atoms with Crippen molar-refractivity contribution in [1.82, 2.24) is 19.9 Å². The number of aryl methyl sites for hydroxylation is 1. The van der Waals surface area contributed by atoms with E-state index >= 15 is 0 Å². The summed E-state index contributed by atoms with van der Waals surface area (Å²) in [6.45, 7) is 3.18. The molecule has 1 aliphatic rings. The first-order valence-electron chi connectivity index (χ1n) is 11.0. The topological polar surface area (TPSA) is 97.3 Å². The normalized spacial score (nSPS) is 14.1. The maximum atomic E-state index is 13.0. The molecule has 170 valence electrons. The number of nitrogens with one attached hydrogen (secondary N) is 1. The number of hydrogen-bond acceptors (Lipinski definition) is 6. The van der Waals surface area contributed by atoms with Crippen LogP contribution in [0.25, 0.3) is 0 Å². The van der Waals surface area contributed by atoms with E-state index in [4.69, 9.17) is 4.74 Å². The Morgan fingerprint density at radius 2 is 1.88 bits per heavy atom. The number of carbonyl (C=O) groups is 2. The Morgan fingerprint density at radius 1 is 1.12 bits per heavy atom. The summed E-state index contributed by atoms with van der Waals surface area (Å²) in [5.41, 5.74) is 2.50. The maximum absolute atomic E-state index is 13.0. The van der Waals surface area contributed by atoms with Crippen molar-refractivity contribution in [1.29, 1.82) is 0 Å². The predicted molar refractivity (Wildman–Crippen MR) is 124 cm³/mol. The van der Waals surface area contributed by atoms with Gasteiger partial charge in [0.05, 0.1) is 23.9 Å². The van der Waals surface area contributed by atoms with E-state index in [1.807, 2.05) is 11.8 Å². The molecule has 3 aromatic rings. The van der Waals surface area contributed by atoms with Crippen LogP contribution in [0.15, 0.2) is 55.0 Å². The summed E-state index contributed by atoms with van der Waals surface area (Å²) >= 11 is 0. The summed E-state index contributed by atoms with van der Waals surface area (Å²) in [6, 6.07) is 10.7. The molecular weight excluding hydrogens is 418 g/mol. The molecule has 1 saturated heterocycles. The zero-order valence-corrected chi connectivity index (χ0v) is 18.8. The van der Waals surface area contributed by atoms with Crippen molar-refractivity contribution in [2.75, 3.05) is 25.5 Å². The second-order valence-electron chi connectivity index (χ2n) is 8.14. The molecule has 8 heteroatoms. The Balaban J connectivity index is 1.40. The summed E-state index contributed by atoms with van der Waals surface area (Å²) in [5, 5.41) is 2.91. The first kappa shape index (κ1) is 22.4. The van der Waals surface area contributed by atoms with Gasteiger partial charge in [-0.25, -0.2) is 9.97 Å².